The zero-order valence-corrected chi connectivity index (χ0v) is 14.1. The number of nitrogens with zero attached hydrogens (tertiary/aromatic N) is 1. The van der Waals surface area contributed by atoms with Crippen LogP contribution < -0.4 is 10.5 Å². The van der Waals surface area contributed by atoms with Gasteiger partial charge >= 0.3 is 0 Å². The van der Waals surface area contributed by atoms with Crippen LogP contribution in [0.25, 0.3) is 0 Å². The van der Waals surface area contributed by atoms with Gasteiger partial charge in [-0.25, -0.2) is 4.98 Å². The third-order valence-corrected chi connectivity index (χ3v) is 4.53. The van der Waals surface area contributed by atoms with Crippen molar-refractivity contribution in [2.45, 2.75) is 39.3 Å². The van der Waals surface area contributed by atoms with Crippen LogP contribution in [0, 0.1) is 6.92 Å². The fourth-order valence-corrected chi connectivity index (χ4v) is 3.04. The van der Waals surface area contributed by atoms with Crippen molar-refractivity contribution >= 4 is 27.3 Å². The van der Waals surface area contributed by atoms with Crippen molar-refractivity contribution in [3.8, 4) is 5.75 Å². The molecule has 1 atom stereocenters. The molecular formula is C15H19BrN2OS. The van der Waals surface area contributed by atoms with Crippen molar-refractivity contribution in [2.24, 2.45) is 5.73 Å². The number of thiazole rings is 1. The number of rotatable bonds is 6. The highest BCUT2D eigenvalue weighted by Gasteiger charge is 2.12. The average molecular weight is 355 g/mol. The lowest BCUT2D eigenvalue weighted by Gasteiger charge is -2.15. The number of hydrogen-bond donors (Lipinski definition) is 1. The van der Waals surface area contributed by atoms with Gasteiger partial charge in [0.25, 0.3) is 0 Å². The van der Waals surface area contributed by atoms with E-state index in [4.69, 9.17) is 10.5 Å². The lowest BCUT2D eigenvalue weighted by Crippen LogP contribution is -2.21. The van der Waals surface area contributed by atoms with Gasteiger partial charge in [0, 0.05) is 11.4 Å². The number of hydrogen-bond acceptors (Lipinski definition) is 4. The summed E-state index contributed by atoms with van der Waals surface area (Å²) in [5.41, 5.74) is 8.16. The van der Waals surface area contributed by atoms with E-state index < -0.39 is 0 Å². The van der Waals surface area contributed by atoms with E-state index in [2.05, 4.69) is 33.9 Å². The Morgan fingerprint density at radius 3 is 2.90 bits per heavy atom. The molecule has 5 heteroatoms. The summed E-state index contributed by atoms with van der Waals surface area (Å²) in [7, 11) is 0. The average Bonchev–Trinajstić information content (AvgIpc) is 2.83. The Kier molecular flexibility index (Phi) is 5.57. The molecule has 0 aliphatic heterocycles. The second kappa shape index (κ2) is 7.20. The summed E-state index contributed by atoms with van der Waals surface area (Å²) >= 11 is 5.19. The molecule has 2 rings (SSSR count). The molecule has 1 unspecified atom stereocenters. The first kappa shape index (κ1) is 15.5. The normalized spacial score (nSPS) is 12.4. The van der Waals surface area contributed by atoms with Gasteiger partial charge < -0.3 is 10.5 Å². The van der Waals surface area contributed by atoms with Crippen LogP contribution in [0.4, 0.5) is 0 Å². The molecule has 0 bridgehead atoms. The van der Waals surface area contributed by atoms with Crippen LogP contribution in [0.2, 0.25) is 0 Å². The number of aryl methyl sites for hydroxylation is 1. The third-order valence-electron chi connectivity index (χ3n) is 3.09. The summed E-state index contributed by atoms with van der Waals surface area (Å²) in [6.07, 6.45) is 1.78. The molecule has 1 heterocycles. The Balaban J connectivity index is 2.12. The van der Waals surface area contributed by atoms with Crippen molar-refractivity contribution < 1.29 is 4.74 Å². The highest BCUT2D eigenvalue weighted by molar-refractivity contribution is 9.10. The van der Waals surface area contributed by atoms with Gasteiger partial charge in [0.05, 0.1) is 15.2 Å². The third kappa shape index (κ3) is 4.04. The van der Waals surface area contributed by atoms with Crippen molar-refractivity contribution in [3.63, 3.8) is 0 Å². The van der Waals surface area contributed by atoms with Crippen molar-refractivity contribution in [1.29, 1.82) is 0 Å². The van der Waals surface area contributed by atoms with Gasteiger partial charge in [-0.3, -0.25) is 0 Å². The van der Waals surface area contributed by atoms with E-state index in [1.165, 1.54) is 0 Å². The predicted molar refractivity (Wildman–Crippen MR) is 87.3 cm³/mol. The van der Waals surface area contributed by atoms with Crippen LogP contribution in [-0.4, -0.2) is 11.0 Å². The molecule has 2 N–H and O–H groups in total. The van der Waals surface area contributed by atoms with Crippen LogP contribution in [-0.2, 0) is 13.0 Å². The Morgan fingerprint density at radius 2 is 2.25 bits per heavy atom. The monoisotopic (exact) mass is 354 g/mol. The highest BCUT2D eigenvalue weighted by Crippen LogP contribution is 2.31. The molecule has 1 aromatic carbocycles. The fraction of sp³-hybridized carbons (Fsp3) is 0.400. The number of nitrogens with two attached hydrogens (primary N) is 1. The summed E-state index contributed by atoms with van der Waals surface area (Å²) in [5, 5.41) is 3.09. The van der Waals surface area contributed by atoms with Crippen molar-refractivity contribution in [1.82, 2.24) is 4.98 Å². The second-order valence-electron chi connectivity index (χ2n) is 4.75. The number of aromatic nitrogens is 1. The Hall–Kier alpha value is -0.910. The minimum atomic E-state index is 0.160. The lowest BCUT2D eigenvalue weighted by atomic mass is 10.0. The molecular weight excluding hydrogens is 336 g/mol. The standard InChI is InChI=1S/C15H19BrN2OS/c1-3-12(17)7-11-5-4-6-14(16)15(11)19-8-13-9-20-10(2)18-13/h4-6,9,12H,3,7-8,17H2,1-2H3. The van der Waals surface area contributed by atoms with E-state index in [1.54, 1.807) is 11.3 Å². The largest absolute Gasteiger partial charge is 0.486 e. The molecule has 108 valence electrons. The van der Waals surface area contributed by atoms with Crippen LogP contribution >= 0.6 is 27.3 Å². The highest BCUT2D eigenvalue weighted by atomic mass is 79.9. The summed E-state index contributed by atoms with van der Waals surface area (Å²) in [4.78, 5) is 4.42. The molecule has 0 saturated carbocycles. The Morgan fingerprint density at radius 1 is 1.45 bits per heavy atom. The van der Waals surface area contributed by atoms with E-state index in [-0.39, 0.29) is 6.04 Å². The maximum Gasteiger partial charge on any atom is 0.137 e. The van der Waals surface area contributed by atoms with Gasteiger partial charge in [-0.2, -0.15) is 0 Å². The van der Waals surface area contributed by atoms with E-state index in [0.29, 0.717) is 6.61 Å². The minimum Gasteiger partial charge on any atom is -0.486 e. The topological polar surface area (TPSA) is 48.1 Å². The fourth-order valence-electron chi connectivity index (χ4n) is 1.92. The lowest BCUT2D eigenvalue weighted by molar-refractivity contribution is 0.296. The van der Waals surface area contributed by atoms with Crippen LogP contribution in [0.3, 0.4) is 0 Å². The van der Waals surface area contributed by atoms with Crippen LogP contribution in [0.1, 0.15) is 29.6 Å². The molecule has 0 aliphatic rings. The minimum absolute atomic E-state index is 0.160. The first-order chi connectivity index (χ1) is 9.60. The predicted octanol–water partition coefficient (Wildman–Crippen LogP) is 4.07. The summed E-state index contributed by atoms with van der Waals surface area (Å²) < 4.78 is 6.92. The maximum atomic E-state index is 6.05. The van der Waals surface area contributed by atoms with Crippen LogP contribution in [0.5, 0.6) is 5.75 Å². The molecule has 20 heavy (non-hydrogen) atoms. The van der Waals surface area contributed by atoms with E-state index in [0.717, 1.165) is 39.3 Å². The quantitative estimate of drug-likeness (QED) is 0.850. The first-order valence-electron chi connectivity index (χ1n) is 6.67. The summed E-state index contributed by atoms with van der Waals surface area (Å²) in [5.74, 6) is 0.877. The van der Waals surface area contributed by atoms with Crippen LogP contribution in [0.15, 0.2) is 28.1 Å². The number of halogens is 1. The number of ether oxygens (including phenoxy) is 1. The van der Waals surface area contributed by atoms with E-state index in [1.807, 2.05) is 24.4 Å². The van der Waals surface area contributed by atoms with E-state index in [9.17, 15) is 0 Å². The molecule has 0 saturated heterocycles. The van der Waals surface area contributed by atoms with Gasteiger partial charge in [0.1, 0.15) is 12.4 Å². The SMILES string of the molecule is CCC(N)Cc1cccc(Br)c1OCc1csc(C)n1. The molecule has 2 aromatic rings. The van der Waals surface area contributed by atoms with Gasteiger partial charge in [-0.05, 0) is 47.3 Å². The summed E-state index contributed by atoms with van der Waals surface area (Å²) in [6.45, 7) is 4.58. The van der Waals surface area contributed by atoms with Gasteiger partial charge in [-0.1, -0.05) is 19.1 Å². The zero-order chi connectivity index (χ0) is 14.5. The molecule has 0 aliphatic carbocycles. The van der Waals surface area contributed by atoms with Gasteiger partial charge in [0.15, 0.2) is 0 Å². The van der Waals surface area contributed by atoms with Crippen molar-refractivity contribution in [3.05, 3.63) is 44.3 Å². The molecule has 0 amide bonds. The van der Waals surface area contributed by atoms with Crippen molar-refractivity contribution in [2.75, 3.05) is 0 Å². The number of para-hydroxylation sites is 1. The molecule has 0 radical (unpaired) electrons. The molecule has 1 aromatic heterocycles. The molecule has 0 fully saturated rings. The second-order valence-corrected chi connectivity index (χ2v) is 6.66. The van der Waals surface area contributed by atoms with E-state index >= 15 is 0 Å². The summed E-state index contributed by atoms with van der Waals surface area (Å²) in [6, 6.07) is 6.24. The molecule has 0 spiro atoms. The van der Waals surface area contributed by atoms with Gasteiger partial charge in [0.2, 0.25) is 0 Å². The molecule has 3 nitrogen and oxygen atoms in total. The smallest absolute Gasteiger partial charge is 0.137 e. The zero-order valence-electron chi connectivity index (χ0n) is 11.7. The van der Waals surface area contributed by atoms with Gasteiger partial charge in [-0.15, -0.1) is 11.3 Å². The maximum absolute atomic E-state index is 6.05. The first-order valence-corrected chi connectivity index (χ1v) is 8.34. The Labute approximate surface area is 132 Å². The Bertz CT molecular complexity index is 571. The number of benzene rings is 1.